The van der Waals surface area contributed by atoms with Crippen LogP contribution in [-0.2, 0) is 26.9 Å². The van der Waals surface area contributed by atoms with Crippen molar-refractivity contribution in [2.45, 2.75) is 17.2 Å². The second-order valence-corrected chi connectivity index (χ2v) is 8.20. The molecule has 1 heterocycles. The number of carbonyl (C=O) groups excluding carboxylic acids is 1. The number of carbonyl (C=O) groups is 1. The molecule has 0 unspecified atom stereocenters. The van der Waals surface area contributed by atoms with Crippen molar-refractivity contribution in [2.75, 3.05) is 19.0 Å². The van der Waals surface area contributed by atoms with Crippen LogP contribution in [0.15, 0.2) is 71.9 Å². The lowest BCUT2D eigenvalue weighted by atomic mass is 10.1. The van der Waals surface area contributed by atoms with Crippen LogP contribution in [0, 0.1) is 0 Å². The van der Waals surface area contributed by atoms with Crippen LogP contribution in [0.2, 0.25) is 0 Å². The fraction of sp³-hybridized carbons (Fsp3) is 0.200. The average Bonchev–Trinajstić information content (AvgIpc) is 3.14. The van der Waals surface area contributed by atoms with E-state index in [0.717, 1.165) is 0 Å². The number of sulfone groups is 1. The Balaban J connectivity index is 1.63. The quantitative estimate of drug-likeness (QED) is 0.629. The van der Waals surface area contributed by atoms with Crippen LogP contribution in [0.3, 0.4) is 0 Å². The zero-order chi connectivity index (χ0) is 20.0. The number of rotatable bonds is 8. The summed E-state index contributed by atoms with van der Waals surface area (Å²) >= 11 is 0. The number of hydrogen-bond donors (Lipinski definition) is 1. The monoisotopic (exact) mass is 399 g/mol. The molecule has 1 N–H and O–H groups in total. The van der Waals surface area contributed by atoms with E-state index >= 15 is 0 Å². The van der Waals surface area contributed by atoms with E-state index in [2.05, 4.69) is 10.4 Å². The molecule has 0 aliphatic carbocycles. The maximum Gasteiger partial charge on any atom is 0.255 e. The highest BCUT2D eigenvalue weighted by Crippen LogP contribution is 2.17. The van der Waals surface area contributed by atoms with Gasteiger partial charge >= 0.3 is 0 Å². The first-order valence-corrected chi connectivity index (χ1v) is 10.3. The third kappa shape index (κ3) is 5.05. The highest BCUT2D eigenvalue weighted by atomic mass is 32.2. The van der Waals surface area contributed by atoms with E-state index in [1.165, 1.54) is 0 Å². The van der Waals surface area contributed by atoms with Gasteiger partial charge in [0, 0.05) is 18.9 Å². The summed E-state index contributed by atoms with van der Waals surface area (Å²) in [6.45, 7) is 1.12. The van der Waals surface area contributed by atoms with Crippen LogP contribution in [0.25, 0.3) is 0 Å². The molecule has 3 rings (SSSR count). The Bertz CT molecular complexity index is 1030. The van der Waals surface area contributed by atoms with E-state index < -0.39 is 9.84 Å². The van der Waals surface area contributed by atoms with Gasteiger partial charge in [0.1, 0.15) is 0 Å². The molecule has 0 bridgehead atoms. The Kier molecular flexibility index (Phi) is 6.23. The van der Waals surface area contributed by atoms with Crippen molar-refractivity contribution in [3.8, 4) is 0 Å². The Morgan fingerprint density at radius 1 is 1.11 bits per heavy atom. The van der Waals surface area contributed by atoms with E-state index in [1.807, 2.05) is 0 Å². The van der Waals surface area contributed by atoms with E-state index in [-0.39, 0.29) is 16.6 Å². The standard InChI is InChI=1S/C20H21N3O4S/c1-27-12-11-23-14-18(13-21-23)22-20(24)17-9-7-16(8-10-17)15-28(25,26)19-5-3-2-4-6-19/h2-10,13-14H,11-12,15H2,1H3,(H,22,24). The summed E-state index contributed by atoms with van der Waals surface area (Å²) in [7, 11) is -1.81. The lowest BCUT2D eigenvalue weighted by Crippen LogP contribution is -2.12. The summed E-state index contributed by atoms with van der Waals surface area (Å²) in [5, 5.41) is 6.91. The van der Waals surface area contributed by atoms with Crippen molar-refractivity contribution < 1.29 is 17.9 Å². The molecule has 0 aliphatic heterocycles. The number of ether oxygens (including phenoxy) is 1. The molecule has 0 saturated carbocycles. The van der Waals surface area contributed by atoms with Gasteiger partial charge in [-0.25, -0.2) is 8.42 Å². The van der Waals surface area contributed by atoms with Crippen molar-refractivity contribution in [3.63, 3.8) is 0 Å². The third-order valence-electron chi connectivity index (χ3n) is 4.09. The molecule has 3 aromatic rings. The Labute approximate surface area is 163 Å². The zero-order valence-corrected chi connectivity index (χ0v) is 16.2. The van der Waals surface area contributed by atoms with E-state index in [0.29, 0.717) is 30.0 Å². The lowest BCUT2D eigenvalue weighted by molar-refractivity contribution is 0.102. The fourth-order valence-corrected chi connectivity index (χ4v) is 3.99. The average molecular weight is 399 g/mol. The molecular formula is C20H21N3O4S. The number of aromatic nitrogens is 2. The molecule has 0 saturated heterocycles. The highest BCUT2D eigenvalue weighted by Gasteiger charge is 2.15. The number of nitrogens with one attached hydrogen (secondary N) is 1. The van der Waals surface area contributed by atoms with E-state index in [4.69, 9.17) is 4.74 Å². The molecule has 0 atom stereocenters. The molecule has 1 aromatic heterocycles. The van der Waals surface area contributed by atoms with Crippen molar-refractivity contribution >= 4 is 21.4 Å². The first-order valence-electron chi connectivity index (χ1n) is 8.67. The number of methoxy groups -OCH3 is 1. The van der Waals surface area contributed by atoms with Crippen LogP contribution in [0.4, 0.5) is 5.69 Å². The molecule has 0 aliphatic rings. The van der Waals surface area contributed by atoms with E-state index in [9.17, 15) is 13.2 Å². The summed E-state index contributed by atoms with van der Waals surface area (Å²) in [4.78, 5) is 12.6. The molecule has 2 aromatic carbocycles. The second-order valence-electron chi connectivity index (χ2n) is 6.21. The maximum absolute atomic E-state index is 12.4. The summed E-state index contributed by atoms with van der Waals surface area (Å²) < 4.78 is 31.5. The predicted molar refractivity (Wildman–Crippen MR) is 106 cm³/mol. The number of nitrogens with zero attached hydrogens (tertiary/aromatic N) is 2. The Morgan fingerprint density at radius 2 is 1.82 bits per heavy atom. The van der Waals surface area contributed by atoms with Crippen molar-refractivity contribution in [3.05, 3.63) is 78.1 Å². The molecule has 8 heteroatoms. The molecule has 0 radical (unpaired) electrons. The van der Waals surface area contributed by atoms with Crippen molar-refractivity contribution in [2.24, 2.45) is 0 Å². The number of anilines is 1. The Hall–Kier alpha value is -2.97. The van der Waals surface area contributed by atoms with Gasteiger partial charge in [0.05, 0.1) is 35.7 Å². The molecule has 7 nitrogen and oxygen atoms in total. The Morgan fingerprint density at radius 3 is 2.50 bits per heavy atom. The molecule has 0 fully saturated rings. The van der Waals surface area contributed by atoms with Gasteiger partial charge in [-0.15, -0.1) is 0 Å². The minimum absolute atomic E-state index is 0.120. The predicted octanol–water partition coefficient (Wildman–Crippen LogP) is 2.76. The summed E-state index contributed by atoms with van der Waals surface area (Å²) in [5.41, 5.74) is 1.63. The van der Waals surface area contributed by atoms with Crippen LogP contribution in [0.5, 0.6) is 0 Å². The van der Waals surface area contributed by atoms with Crippen LogP contribution in [-0.4, -0.2) is 37.8 Å². The smallest absolute Gasteiger partial charge is 0.255 e. The summed E-state index contributed by atoms with van der Waals surface area (Å²) in [6.07, 6.45) is 3.28. The van der Waals surface area contributed by atoms with Gasteiger partial charge in [-0.05, 0) is 29.8 Å². The first-order chi connectivity index (χ1) is 13.5. The number of hydrogen-bond acceptors (Lipinski definition) is 5. The van der Waals surface area contributed by atoms with Gasteiger partial charge in [-0.3, -0.25) is 9.48 Å². The highest BCUT2D eigenvalue weighted by molar-refractivity contribution is 7.90. The van der Waals surface area contributed by atoms with Gasteiger partial charge in [0.15, 0.2) is 9.84 Å². The second kappa shape index (κ2) is 8.81. The van der Waals surface area contributed by atoms with Crippen LogP contribution >= 0.6 is 0 Å². The molecule has 1 amide bonds. The first kappa shape index (κ1) is 19.8. The van der Waals surface area contributed by atoms with Crippen LogP contribution < -0.4 is 5.32 Å². The third-order valence-corrected chi connectivity index (χ3v) is 5.79. The minimum Gasteiger partial charge on any atom is -0.383 e. The normalized spacial score (nSPS) is 11.3. The van der Waals surface area contributed by atoms with Gasteiger partial charge in [-0.1, -0.05) is 30.3 Å². The van der Waals surface area contributed by atoms with Crippen LogP contribution in [0.1, 0.15) is 15.9 Å². The van der Waals surface area contributed by atoms with Gasteiger partial charge < -0.3 is 10.1 Å². The maximum atomic E-state index is 12.4. The molecule has 146 valence electrons. The largest absolute Gasteiger partial charge is 0.383 e. The number of benzene rings is 2. The van der Waals surface area contributed by atoms with Crippen molar-refractivity contribution in [1.29, 1.82) is 0 Å². The van der Waals surface area contributed by atoms with Gasteiger partial charge in [0.2, 0.25) is 0 Å². The topological polar surface area (TPSA) is 90.3 Å². The van der Waals surface area contributed by atoms with E-state index in [1.54, 1.807) is 78.8 Å². The summed E-state index contributed by atoms with van der Waals surface area (Å²) in [6, 6.07) is 14.8. The van der Waals surface area contributed by atoms with Gasteiger partial charge in [0.25, 0.3) is 5.91 Å². The van der Waals surface area contributed by atoms with Crippen molar-refractivity contribution in [1.82, 2.24) is 9.78 Å². The lowest BCUT2D eigenvalue weighted by Gasteiger charge is -2.06. The zero-order valence-electron chi connectivity index (χ0n) is 15.4. The summed E-state index contributed by atoms with van der Waals surface area (Å²) in [5.74, 6) is -0.408. The molecule has 28 heavy (non-hydrogen) atoms. The molecule has 0 spiro atoms. The number of amides is 1. The molecular weight excluding hydrogens is 378 g/mol. The fourth-order valence-electron chi connectivity index (χ4n) is 2.62. The van der Waals surface area contributed by atoms with Gasteiger partial charge in [-0.2, -0.15) is 5.10 Å². The minimum atomic E-state index is -3.42. The SMILES string of the molecule is COCCn1cc(NC(=O)c2ccc(CS(=O)(=O)c3ccccc3)cc2)cn1.